The van der Waals surface area contributed by atoms with Crippen LogP contribution in [0.1, 0.15) is 28.9 Å². The quantitative estimate of drug-likeness (QED) is 0.898. The normalized spacial score (nSPS) is 18.6. The van der Waals surface area contributed by atoms with Crippen LogP contribution in [0.15, 0.2) is 18.3 Å². The van der Waals surface area contributed by atoms with E-state index in [1.165, 1.54) is 28.7 Å². The minimum absolute atomic E-state index is 0.731. The Kier molecular flexibility index (Phi) is 3.62. The zero-order valence-corrected chi connectivity index (χ0v) is 12.6. The van der Waals surface area contributed by atoms with Gasteiger partial charge in [0.15, 0.2) is 0 Å². The molecular formula is C17H23N3. The van der Waals surface area contributed by atoms with Crippen LogP contribution in [-0.2, 0) is 6.42 Å². The Hall–Kier alpha value is -1.61. The zero-order valence-electron chi connectivity index (χ0n) is 12.6. The van der Waals surface area contributed by atoms with Gasteiger partial charge in [0.25, 0.3) is 0 Å². The summed E-state index contributed by atoms with van der Waals surface area (Å²) >= 11 is 0. The molecule has 1 aromatic heterocycles. The minimum Gasteiger partial charge on any atom is -0.342 e. The van der Waals surface area contributed by atoms with E-state index >= 15 is 0 Å². The Bertz CT molecular complexity index is 583. The number of hydrogen-bond acceptors (Lipinski definition) is 2. The first-order chi connectivity index (χ1) is 9.63. The van der Waals surface area contributed by atoms with E-state index in [0.29, 0.717) is 0 Å². The topological polar surface area (TPSA) is 40.7 Å². The Balaban J connectivity index is 1.86. The summed E-state index contributed by atoms with van der Waals surface area (Å²) in [6.07, 6.45) is 4.30. The van der Waals surface area contributed by atoms with Crippen molar-refractivity contribution in [1.82, 2.24) is 15.3 Å². The van der Waals surface area contributed by atoms with Gasteiger partial charge in [-0.15, -0.1) is 0 Å². The molecule has 20 heavy (non-hydrogen) atoms. The molecule has 1 atom stereocenters. The summed E-state index contributed by atoms with van der Waals surface area (Å²) < 4.78 is 0. The van der Waals surface area contributed by atoms with Gasteiger partial charge in [-0.25, -0.2) is 4.98 Å². The van der Waals surface area contributed by atoms with Crippen LogP contribution < -0.4 is 5.32 Å². The van der Waals surface area contributed by atoms with Gasteiger partial charge in [0.05, 0.1) is 11.9 Å². The molecule has 3 heteroatoms. The third-order valence-corrected chi connectivity index (χ3v) is 4.22. The third-order valence-electron chi connectivity index (χ3n) is 4.22. The highest BCUT2D eigenvalue weighted by atomic mass is 14.9. The van der Waals surface area contributed by atoms with E-state index in [4.69, 9.17) is 0 Å². The van der Waals surface area contributed by atoms with Crippen LogP contribution in [0.25, 0.3) is 11.3 Å². The molecule has 3 nitrogen and oxygen atoms in total. The van der Waals surface area contributed by atoms with Crippen molar-refractivity contribution in [2.45, 2.75) is 33.6 Å². The molecule has 1 aliphatic rings. The smallest absolute Gasteiger partial charge is 0.106 e. The highest BCUT2D eigenvalue weighted by Crippen LogP contribution is 2.27. The van der Waals surface area contributed by atoms with Gasteiger partial charge in [0.1, 0.15) is 5.82 Å². The van der Waals surface area contributed by atoms with Gasteiger partial charge >= 0.3 is 0 Å². The number of rotatable bonds is 3. The van der Waals surface area contributed by atoms with Crippen molar-refractivity contribution < 1.29 is 0 Å². The van der Waals surface area contributed by atoms with Crippen molar-refractivity contribution in [3.8, 4) is 11.3 Å². The van der Waals surface area contributed by atoms with E-state index < -0.39 is 0 Å². The lowest BCUT2D eigenvalue weighted by atomic mass is 9.98. The van der Waals surface area contributed by atoms with Gasteiger partial charge in [0, 0.05) is 12.0 Å². The molecule has 1 aliphatic heterocycles. The van der Waals surface area contributed by atoms with E-state index in [0.717, 1.165) is 36.9 Å². The maximum atomic E-state index is 4.58. The Morgan fingerprint density at radius 3 is 2.60 bits per heavy atom. The molecule has 106 valence electrons. The van der Waals surface area contributed by atoms with Crippen LogP contribution in [0.3, 0.4) is 0 Å². The van der Waals surface area contributed by atoms with E-state index in [9.17, 15) is 0 Å². The fourth-order valence-electron chi connectivity index (χ4n) is 3.36. The second-order valence-electron chi connectivity index (χ2n) is 6.08. The van der Waals surface area contributed by atoms with Gasteiger partial charge < -0.3 is 10.3 Å². The molecule has 1 aromatic carbocycles. The second kappa shape index (κ2) is 5.41. The standard InChI is InChI=1S/C17H23N3/c1-11-6-12(2)17(13(3)7-11)15-10-19-16(20-15)8-14-4-5-18-9-14/h6-7,10,14,18H,4-5,8-9H2,1-3H3,(H,19,20). The molecule has 0 radical (unpaired) electrons. The van der Waals surface area contributed by atoms with E-state index in [1.807, 2.05) is 6.20 Å². The van der Waals surface area contributed by atoms with Gasteiger partial charge in [-0.05, 0) is 57.3 Å². The molecule has 1 saturated heterocycles. The van der Waals surface area contributed by atoms with Crippen LogP contribution >= 0.6 is 0 Å². The fourth-order valence-corrected chi connectivity index (χ4v) is 3.36. The van der Waals surface area contributed by atoms with Crippen LogP contribution in [-0.4, -0.2) is 23.1 Å². The first-order valence-electron chi connectivity index (χ1n) is 7.46. The molecule has 2 heterocycles. The number of imidazole rings is 1. The predicted molar refractivity (Wildman–Crippen MR) is 82.9 cm³/mol. The second-order valence-corrected chi connectivity index (χ2v) is 6.08. The maximum absolute atomic E-state index is 4.58. The van der Waals surface area contributed by atoms with E-state index in [-0.39, 0.29) is 0 Å². The molecule has 2 aromatic rings. The highest BCUT2D eigenvalue weighted by Gasteiger charge is 2.17. The molecule has 0 aliphatic carbocycles. The molecular weight excluding hydrogens is 246 g/mol. The summed E-state index contributed by atoms with van der Waals surface area (Å²) in [6, 6.07) is 4.48. The largest absolute Gasteiger partial charge is 0.342 e. The zero-order chi connectivity index (χ0) is 14.1. The Labute approximate surface area is 120 Å². The molecule has 0 spiro atoms. The third kappa shape index (κ3) is 2.63. The maximum Gasteiger partial charge on any atom is 0.106 e. The number of aromatic nitrogens is 2. The van der Waals surface area contributed by atoms with Crippen molar-refractivity contribution in [2.24, 2.45) is 5.92 Å². The van der Waals surface area contributed by atoms with Crippen LogP contribution in [0.5, 0.6) is 0 Å². The lowest BCUT2D eigenvalue weighted by molar-refractivity contribution is 0.565. The Morgan fingerprint density at radius 1 is 1.20 bits per heavy atom. The lowest BCUT2D eigenvalue weighted by Gasteiger charge is -2.09. The van der Waals surface area contributed by atoms with Crippen molar-refractivity contribution in [1.29, 1.82) is 0 Å². The molecule has 0 amide bonds. The number of aromatic amines is 1. The van der Waals surface area contributed by atoms with Crippen LogP contribution in [0, 0.1) is 26.7 Å². The van der Waals surface area contributed by atoms with Crippen molar-refractivity contribution in [3.63, 3.8) is 0 Å². The van der Waals surface area contributed by atoms with Crippen molar-refractivity contribution in [2.75, 3.05) is 13.1 Å². The predicted octanol–water partition coefficient (Wildman–Crippen LogP) is 3.15. The summed E-state index contributed by atoms with van der Waals surface area (Å²) in [5.74, 6) is 1.85. The number of H-pyrrole nitrogens is 1. The summed E-state index contributed by atoms with van der Waals surface area (Å²) in [7, 11) is 0. The average molecular weight is 269 g/mol. The molecule has 0 saturated carbocycles. The van der Waals surface area contributed by atoms with E-state index in [1.54, 1.807) is 0 Å². The SMILES string of the molecule is Cc1cc(C)c(-c2cnc(CC3CCNC3)[nH]2)c(C)c1. The summed E-state index contributed by atoms with van der Waals surface area (Å²) in [6.45, 7) is 8.77. The summed E-state index contributed by atoms with van der Waals surface area (Å²) in [5, 5.41) is 3.41. The van der Waals surface area contributed by atoms with Gasteiger partial charge in [-0.1, -0.05) is 17.7 Å². The summed E-state index contributed by atoms with van der Waals surface area (Å²) in [4.78, 5) is 8.10. The van der Waals surface area contributed by atoms with Crippen LogP contribution in [0.4, 0.5) is 0 Å². The number of nitrogens with zero attached hydrogens (tertiary/aromatic N) is 1. The molecule has 2 N–H and O–H groups in total. The fraction of sp³-hybridized carbons (Fsp3) is 0.471. The number of aryl methyl sites for hydroxylation is 3. The van der Waals surface area contributed by atoms with Gasteiger partial charge in [0.2, 0.25) is 0 Å². The van der Waals surface area contributed by atoms with Gasteiger partial charge in [-0.3, -0.25) is 0 Å². The number of nitrogens with one attached hydrogen (secondary N) is 2. The minimum atomic E-state index is 0.731. The first kappa shape index (κ1) is 13.4. The molecule has 0 bridgehead atoms. The monoisotopic (exact) mass is 269 g/mol. The lowest BCUT2D eigenvalue weighted by Crippen LogP contribution is -2.11. The average Bonchev–Trinajstić information content (AvgIpc) is 3.00. The molecule has 3 rings (SSSR count). The Morgan fingerprint density at radius 2 is 1.95 bits per heavy atom. The summed E-state index contributed by atoms with van der Waals surface area (Å²) in [5.41, 5.74) is 6.42. The molecule has 1 fully saturated rings. The number of benzene rings is 1. The first-order valence-corrected chi connectivity index (χ1v) is 7.46. The highest BCUT2D eigenvalue weighted by molar-refractivity contribution is 5.67. The van der Waals surface area contributed by atoms with E-state index in [2.05, 4.69) is 48.2 Å². The van der Waals surface area contributed by atoms with Gasteiger partial charge in [-0.2, -0.15) is 0 Å². The van der Waals surface area contributed by atoms with Crippen molar-refractivity contribution in [3.05, 3.63) is 40.8 Å². The van der Waals surface area contributed by atoms with Crippen molar-refractivity contribution >= 4 is 0 Å². The number of hydrogen-bond donors (Lipinski definition) is 2. The molecule has 1 unspecified atom stereocenters. The van der Waals surface area contributed by atoms with Crippen LogP contribution in [0.2, 0.25) is 0 Å².